The highest BCUT2D eigenvalue weighted by atomic mass is 16.3. The molecule has 0 saturated heterocycles. The summed E-state index contributed by atoms with van der Waals surface area (Å²) in [7, 11) is 0. The zero-order chi connectivity index (χ0) is 9.02. The third-order valence-corrected chi connectivity index (χ3v) is 2.23. The van der Waals surface area contributed by atoms with Crippen LogP contribution in [0, 0.1) is 5.92 Å². The normalized spacial score (nSPS) is 22.4. The maximum absolute atomic E-state index is 9.55. The fourth-order valence-corrected chi connectivity index (χ4v) is 0.932. The zero-order valence-corrected chi connectivity index (χ0v) is 7.62. The van der Waals surface area contributed by atoms with Crippen molar-refractivity contribution in [1.82, 2.24) is 0 Å². The van der Waals surface area contributed by atoms with Crippen LogP contribution in [0.15, 0.2) is 0 Å². The van der Waals surface area contributed by atoms with Crippen LogP contribution in [-0.4, -0.2) is 23.3 Å². The molecule has 0 saturated carbocycles. The van der Waals surface area contributed by atoms with Gasteiger partial charge in [-0.2, -0.15) is 0 Å². The summed E-state index contributed by atoms with van der Waals surface area (Å²) in [6.07, 6.45) is 0.460. The largest absolute Gasteiger partial charge is 0.391 e. The average Bonchev–Trinajstić information content (AvgIpc) is 2.00. The third-order valence-electron chi connectivity index (χ3n) is 2.23. The molecule has 5 N–H and O–H groups in total. The first-order chi connectivity index (χ1) is 5.00. The van der Waals surface area contributed by atoms with Crippen molar-refractivity contribution >= 4 is 0 Å². The molecule has 0 bridgehead atoms. The van der Waals surface area contributed by atoms with Crippen LogP contribution in [0.2, 0.25) is 0 Å². The predicted molar refractivity (Wildman–Crippen MR) is 47.1 cm³/mol. The molecule has 0 heterocycles. The fourth-order valence-electron chi connectivity index (χ4n) is 0.932. The molecule has 11 heavy (non-hydrogen) atoms. The van der Waals surface area contributed by atoms with E-state index in [2.05, 4.69) is 0 Å². The van der Waals surface area contributed by atoms with E-state index in [1.54, 1.807) is 0 Å². The molecule has 68 valence electrons. The number of hydrogen-bond acceptors (Lipinski definition) is 3. The molecule has 4 atom stereocenters. The van der Waals surface area contributed by atoms with Crippen molar-refractivity contribution in [2.45, 2.75) is 45.4 Å². The molecule has 0 spiro atoms. The number of aliphatic hydroxyl groups is 1. The molecule has 0 rings (SSSR count). The third kappa shape index (κ3) is 3.18. The van der Waals surface area contributed by atoms with Gasteiger partial charge in [0.15, 0.2) is 0 Å². The summed E-state index contributed by atoms with van der Waals surface area (Å²) in [4.78, 5) is 0. The molecule has 0 radical (unpaired) electrons. The van der Waals surface area contributed by atoms with Crippen molar-refractivity contribution in [2.24, 2.45) is 17.4 Å². The van der Waals surface area contributed by atoms with E-state index in [1.807, 2.05) is 20.8 Å². The van der Waals surface area contributed by atoms with Gasteiger partial charge in [-0.1, -0.05) is 20.3 Å². The molecule has 0 aliphatic carbocycles. The second-order valence-corrected chi connectivity index (χ2v) is 3.31. The summed E-state index contributed by atoms with van der Waals surface area (Å²) in [6.45, 7) is 5.82. The van der Waals surface area contributed by atoms with Crippen molar-refractivity contribution in [2.75, 3.05) is 0 Å². The minimum atomic E-state index is -0.472. The van der Waals surface area contributed by atoms with Gasteiger partial charge in [0.05, 0.1) is 6.10 Å². The Morgan fingerprint density at radius 1 is 1.27 bits per heavy atom. The van der Waals surface area contributed by atoms with E-state index in [0.29, 0.717) is 0 Å². The lowest BCUT2D eigenvalue weighted by molar-refractivity contribution is 0.0810. The molecule has 0 aromatic heterocycles. The molecular formula is C8H20N2O. The van der Waals surface area contributed by atoms with Crippen molar-refractivity contribution in [1.29, 1.82) is 0 Å². The van der Waals surface area contributed by atoms with E-state index in [4.69, 9.17) is 11.5 Å². The Kier molecular flexibility index (Phi) is 4.65. The topological polar surface area (TPSA) is 72.3 Å². The monoisotopic (exact) mass is 160 g/mol. The molecule has 0 aliphatic heterocycles. The van der Waals surface area contributed by atoms with E-state index in [0.717, 1.165) is 6.42 Å². The van der Waals surface area contributed by atoms with Crippen LogP contribution < -0.4 is 11.5 Å². The molecule has 0 amide bonds. The maximum Gasteiger partial charge on any atom is 0.0731 e. The van der Waals surface area contributed by atoms with Crippen molar-refractivity contribution in [3.05, 3.63) is 0 Å². The highest BCUT2D eigenvalue weighted by Gasteiger charge is 2.22. The average molecular weight is 160 g/mol. The SMILES string of the molecule is CCC(C)C(O)C(N)C(C)N. The molecule has 4 unspecified atom stereocenters. The molecule has 0 fully saturated rings. The first kappa shape index (κ1) is 10.9. The van der Waals surface area contributed by atoms with Crippen molar-refractivity contribution < 1.29 is 5.11 Å². The van der Waals surface area contributed by atoms with Gasteiger partial charge < -0.3 is 16.6 Å². The lowest BCUT2D eigenvalue weighted by Gasteiger charge is -2.26. The summed E-state index contributed by atoms with van der Waals surface area (Å²) in [5.41, 5.74) is 11.2. The highest BCUT2D eigenvalue weighted by Crippen LogP contribution is 2.10. The van der Waals surface area contributed by atoms with E-state index in [-0.39, 0.29) is 18.0 Å². The van der Waals surface area contributed by atoms with E-state index >= 15 is 0 Å². The van der Waals surface area contributed by atoms with Gasteiger partial charge in [-0.3, -0.25) is 0 Å². The lowest BCUT2D eigenvalue weighted by atomic mass is 9.93. The summed E-state index contributed by atoms with van der Waals surface area (Å²) in [6, 6.07) is -0.441. The van der Waals surface area contributed by atoms with Crippen LogP contribution in [0.4, 0.5) is 0 Å². The van der Waals surface area contributed by atoms with Gasteiger partial charge in [0.1, 0.15) is 0 Å². The summed E-state index contributed by atoms with van der Waals surface area (Å²) < 4.78 is 0. The van der Waals surface area contributed by atoms with Gasteiger partial charge in [0, 0.05) is 12.1 Å². The Hall–Kier alpha value is -0.120. The first-order valence-electron chi connectivity index (χ1n) is 4.19. The van der Waals surface area contributed by atoms with Crippen molar-refractivity contribution in [3.63, 3.8) is 0 Å². The standard InChI is InChI=1S/C8H20N2O/c1-4-5(2)8(11)7(10)6(3)9/h5-8,11H,4,9-10H2,1-3H3. The number of rotatable bonds is 4. The lowest BCUT2D eigenvalue weighted by Crippen LogP contribution is -2.50. The summed E-state index contributed by atoms with van der Waals surface area (Å²) >= 11 is 0. The fraction of sp³-hybridized carbons (Fsp3) is 1.00. The summed E-state index contributed by atoms with van der Waals surface area (Å²) in [5.74, 6) is 0.232. The van der Waals surface area contributed by atoms with Gasteiger partial charge in [-0.15, -0.1) is 0 Å². The van der Waals surface area contributed by atoms with Crippen molar-refractivity contribution in [3.8, 4) is 0 Å². The number of aliphatic hydroxyl groups excluding tert-OH is 1. The zero-order valence-electron chi connectivity index (χ0n) is 7.62. The van der Waals surface area contributed by atoms with Crippen LogP contribution in [0.5, 0.6) is 0 Å². The number of hydrogen-bond donors (Lipinski definition) is 3. The van der Waals surface area contributed by atoms with Crippen LogP contribution in [0.3, 0.4) is 0 Å². The van der Waals surface area contributed by atoms with E-state index in [9.17, 15) is 5.11 Å². The second-order valence-electron chi connectivity index (χ2n) is 3.31. The van der Waals surface area contributed by atoms with Gasteiger partial charge >= 0.3 is 0 Å². The van der Waals surface area contributed by atoms with Gasteiger partial charge in [0.25, 0.3) is 0 Å². The Labute approximate surface area is 68.8 Å². The number of nitrogens with two attached hydrogens (primary N) is 2. The predicted octanol–water partition coefficient (Wildman–Crippen LogP) is 0.0679. The Balaban J connectivity index is 3.90. The van der Waals surface area contributed by atoms with Crippen LogP contribution >= 0.6 is 0 Å². The van der Waals surface area contributed by atoms with Gasteiger partial charge in [0.2, 0.25) is 0 Å². The molecule has 3 nitrogen and oxygen atoms in total. The first-order valence-corrected chi connectivity index (χ1v) is 4.19. The Morgan fingerprint density at radius 3 is 2.00 bits per heavy atom. The minimum Gasteiger partial charge on any atom is -0.391 e. The Bertz CT molecular complexity index is 106. The van der Waals surface area contributed by atoms with E-state index < -0.39 is 6.10 Å². The minimum absolute atomic E-state index is 0.140. The van der Waals surface area contributed by atoms with Gasteiger partial charge in [-0.25, -0.2) is 0 Å². The molecule has 0 aliphatic rings. The van der Waals surface area contributed by atoms with Gasteiger partial charge in [-0.05, 0) is 12.8 Å². The molecule has 3 heteroatoms. The van der Waals surface area contributed by atoms with Crippen LogP contribution in [-0.2, 0) is 0 Å². The smallest absolute Gasteiger partial charge is 0.0731 e. The molecular weight excluding hydrogens is 140 g/mol. The molecule has 0 aromatic carbocycles. The maximum atomic E-state index is 9.55. The molecule has 0 aromatic rings. The van der Waals surface area contributed by atoms with Crippen LogP contribution in [0.25, 0.3) is 0 Å². The van der Waals surface area contributed by atoms with E-state index in [1.165, 1.54) is 0 Å². The van der Waals surface area contributed by atoms with Crippen LogP contribution in [0.1, 0.15) is 27.2 Å². The Morgan fingerprint density at radius 2 is 1.73 bits per heavy atom. The quantitative estimate of drug-likeness (QED) is 0.545. The highest BCUT2D eigenvalue weighted by molar-refractivity contribution is 4.82. The second kappa shape index (κ2) is 4.70. The summed E-state index contributed by atoms with van der Waals surface area (Å²) in [5, 5.41) is 9.55.